The summed E-state index contributed by atoms with van der Waals surface area (Å²) in [7, 11) is 0. The normalized spacial score (nSPS) is 18.9. The first-order valence-electron chi connectivity index (χ1n) is 13.0. The zero-order valence-corrected chi connectivity index (χ0v) is 23.1. The summed E-state index contributed by atoms with van der Waals surface area (Å²) in [4.78, 5) is 42.0. The van der Waals surface area contributed by atoms with Crippen molar-refractivity contribution in [1.29, 1.82) is 0 Å². The van der Waals surface area contributed by atoms with Gasteiger partial charge in [0.2, 0.25) is 5.95 Å². The fourth-order valence-electron chi connectivity index (χ4n) is 4.61. The van der Waals surface area contributed by atoms with E-state index in [4.69, 9.17) is 9.72 Å². The minimum absolute atomic E-state index is 0.102. The fourth-order valence-corrected chi connectivity index (χ4v) is 4.61. The van der Waals surface area contributed by atoms with Crippen LogP contribution in [0, 0.1) is 5.92 Å². The topological polar surface area (TPSA) is 117 Å². The van der Waals surface area contributed by atoms with Crippen LogP contribution in [0.4, 0.5) is 10.7 Å². The molecule has 4 heterocycles. The van der Waals surface area contributed by atoms with Gasteiger partial charge in [-0.3, -0.25) is 4.79 Å². The molecular weight excluding hydrogens is 484 g/mol. The molecular formula is C27H38N8O3. The first-order chi connectivity index (χ1) is 18.0. The molecule has 38 heavy (non-hydrogen) atoms. The van der Waals surface area contributed by atoms with E-state index in [0.717, 1.165) is 11.1 Å². The van der Waals surface area contributed by atoms with E-state index in [2.05, 4.69) is 46.1 Å². The number of rotatable bonds is 6. The molecule has 2 aromatic rings. The number of allylic oxidation sites excluding steroid dienone is 3. The Balaban J connectivity index is 1.46. The van der Waals surface area contributed by atoms with E-state index >= 15 is 0 Å². The van der Waals surface area contributed by atoms with Crippen LogP contribution in [0.25, 0.3) is 11.0 Å². The molecule has 4 rings (SSSR count). The lowest BCUT2D eigenvalue weighted by atomic mass is 10.0. The molecule has 1 fully saturated rings. The number of fused-ring (bicyclic) bond motifs is 3. The number of nitrogens with zero attached hydrogens (tertiary/aromatic N) is 6. The molecule has 0 saturated carbocycles. The number of amides is 2. The van der Waals surface area contributed by atoms with Crippen LogP contribution in [0.2, 0.25) is 0 Å². The molecule has 0 spiro atoms. The van der Waals surface area contributed by atoms with Gasteiger partial charge in [-0.05, 0) is 58.5 Å². The Hall–Kier alpha value is -3.89. The third-order valence-electron chi connectivity index (χ3n) is 6.70. The summed E-state index contributed by atoms with van der Waals surface area (Å²) in [6, 6.07) is 1.94. The lowest BCUT2D eigenvalue weighted by Crippen LogP contribution is -2.49. The van der Waals surface area contributed by atoms with Gasteiger partial charge in [-0.15, -0.1) is 0 Å². The number of ether oxygens (including phenoxy) is 1. The van der Waals surface area contributed by atoms with Gasteiger partial charge in [0.05, 0.1) is 6.04 Å². The molecule has 2 amide bonds. The van der Waals surface area contributed by atoms with Crippen molar-refractivity contribution in [3.05, 3.63) is 41.6 Å². The number of carbonyl (C=O) groups is 2. The van der Waals surface area contributed by atoms with E-state index in [9.17, 15) is 9.59 Å². The number of nitrogens with one attached hydrogen (secondary N) is 2. The van der Waals surface area contributed by atoms with Crippen LogP contribution < -0.4 is 10.6 Å². The second-order valence-corrected chi connectivity index (χ2v) is 11.0. The molecule has 0 bridgehead atoms. The first kappa shape index (κ1) is 27.2. The molecule has 0 aromatic carbocycles. The van der Waals surface area contributed by atoms with Crippen molar-refractivity contribution in [2.75, 3.05) is 38.0 Å². The van der Waals surface area contributed by atoms with E-state index in [1.807, 2.05) is 50.5 Å². The van der Waals surface area contributed by atoms with Crippen LogP contribution in [0.1, 0.15) is 58.1 Å². The largest absolute Gasteiger partial charge is 0.444 e. The molecule has 1 unspecified atom stereocenters. The van der Waals surface area contributed by atoms with Crippen LogP contribution in [0.5, 0.6) is 0 Å². The van der Waals surface area contributed by atoms with Crippen LogP contribution >= 0.6 is 0 Å². The smallest absolute Gasteiger partial charge is 0.410 e. The minimum Gasteiger partial charge on any atom is -0.444 e. The third kappa shape index (κ3) is 5.98. The number of hydrogen-bond donors (Lipinski definition) is 2. The van der Waals surface area contributed by atoms with Gasteiger partial charge in [0, 0.05) is 50.0 Å². The first-order valence-corrected chi connectivity index (χ1v) is 13.0. The molecule has 0 aliphatic carbocycles. The lowest BCUT2D eigenvalue weighted by molar-refractivity contribution is 0.0169. The lowest BCUT2D eigenvalue weighted by Gasteiger charge is -2.37. The highest BCUT2D eigenvalue weighted by atomic mass is 16.6. The second-order valence-electron chi connectivity index (χ2n) is 11.0. The summed E-state index contributed by atoms with van der Waals surface area (Å²) in [6.45, 7) is 18.8. The fraction of sp³-hybridized carbons (Fsp3) is 0.519. The number of aliphatic imine (C=N–C) groups is 1. The van der Waals surface area contributed by atoms with Crippen LogP contribution in [-0.4, -0.2) is 81.4 Å². The average Bonchev–Trinajstić information content (AvgIpc) is 3.25. The number of carbonyl (C=O) groups excluding carboxylic acids is 2. The summed E-state index contributed by atoms with van der Waals surface area (Å²) < 4.78 is 7.49. The van der Waals surface area contributed by atoms with E-state index < -0.39 is 5.60 Å². The van der Waals surface area contributed by atoms with Crippen molar-refractivity contribution in [2.45, 2.75) is 53.2 Å². The van der Waals surface area contributed by atoms with Crippen LogP contribution in [-0.2, 0) is 4.74 Å². The Morgan fingerprint density at radius 2 is 1.92 bits per heavy atom. The van der Waals surface area contributed by atoms with Crippen molar-refractivity contribution in [1.82, 2.24) is 29.7 Å². The Morgan fingerprint density at radius 3 is 2.55 bits per heavy atom. The predicted octanol–water partition coefficient (Wildman–Crippen LogP) is 3.78. The molecule has 1 saturated heterocycles. The molecule has 11 nitrogen and oxygen atoms in total. The van der Waals surface area contributed by atoms with Crippen molar-refractivity contribution in [3.8, 4) is 0 Å². The van der Waals surface area contributed by atoms with Gasteiger partial charge in [0.15, 0.2) is 0 Å². The Labute approximate surface area is 223 Å². The molecule has 11 heteroatoms. The Kier molecular flexibility index (Phi) is 7.75. The van der Waals surface area contributed by atoms with Gasteiger partial charge in [-0.25, -0.2) is 14.8 Å². The third-order valence-corrected chi connectivity index (χ3v) is 6.70. The highest BCUT2D eigenvalue weighted by molar-refractivity contribution is 5.98. The van der Waals surface area contributed by atoms with Gasteiger partial charge in [0.25, 0.3) is 5.91 Å². The molecule has 204 valence electrons. The predicted molar refractivity (Wildman–Crippen MR) is 148 cm³/mol. The molecule has 2 aromatic heterocycles. The van der Waals surface area contributed by atoms with Crippen molar-refractivity contribution in [3.63, 3.8) is 0 Å². The summed E-state index contributed by atoms with van der Waals surface area (Å²) in [5.74, 6) is 1.10. The van der Waals surface area contributed by atoms with Crippen LogP contribution in [0.15, 0.2) is 40.9 Å². The van der Waals surface area contributed by atoms with E-state index in [1.165, 1.54) is 0 Å². The SMILES string of the molecule is C=N/C(=C\C=C(/C)N1CCN(C(=O)OC(C)(C)C)CC1)Nc1ncc2cc3n(c2n1)C(C(C)C)CNC3=O. The Morgan fingerprint density at radius 1 is 1.24 bits per heavy atom. The summed E-state index contributed by atoms with van der Waals surface area (Å²) in [5, 5.41) is 6.92. The maximum absolute atomic E-state index is 12.5. The van der Waals surface area contributed by atoms with Gasteiger partial charge >= 0.3 is 6.09 Å². The monoisotopic (exact) mass is 522 g/mol. The average molecular weight is 523 g/mol. The van der Waals surface area contributed by atoms with Gasteiger partial charge in [0.1, 0.15) is 22.8 Å². The van der Waals surface area contributed by atoms with Gasteiger partial charge in [-0.1, -0.05) is 13.8 Å². The van der Waals surface area contributed by atoms with Crippen molar-refractivity contribution in [2.24, 2.45) is 10.9 Å². The second kappa shape index (κ2) is 10.8. The molecule has 1 atom stereocenters. The number of aromatic nitrogens is 3. The standard InChI is InChI=1S/C27H38N8O3/c1-17(2)21-16-29-24(36)20-14-19-15-30-25(32-23(19)35(20)21)31-22(28-7)9-8-18(3)33-10-12-34(13-11-33)26(37)38-27(4,5)6/h8-9,14-15,17,21H,7,10-13,16H2,1-6H3,(H,29,36)(H,30,31,32)/b18-8+,22-9+. The Bertz CT molecular complexity index is 1280. The van der Waals surface area contributed by atoms with Gasteiger partial charge < -0.3 is 29.7 Å². The summed E-state index contributed by atoms with van der Waals surface area (Å²) in [6.07, 6.45) is 5.22. The van der Waals surface area contributed by atoms with Crippen molar-refractivity contribution >= 4 is 35.7 Å². The van der Waals surface area contributed by atoms with Crippen LogP contribution in [0.3, 0.4) is 0 Å². The zero-order valence-electron chi connectivity index (χ0n) is 23.1. The minimum atomic E-state index is -0.504. The highest BCUT2D eigenvalue weighted by Gasteiger charge is 2.30. The number of anilines is 1. The maximum Gasteiger partial charge on any atom is 0.410 e. The highest BCUT2D eigenvalue weighted by Crippen LogP contribution is 2.30. The molecule has 2 aliphatic rings. The number of hydrogen-bond acceptors (Lipinski definition) is 8. The quantitative estimate of drug-likeness (QED) is 0.438. The number of piperazine rings is 1. The molecule has 2 N–H and O–H groups in total. The van der Waals surface area contributed by atoms with Gasteiger partial charge in [-0.2, -0.15) is 4.98 Å². The summed E-state index contributed by atoms with van der Waals surface area (Å²) >= 11 is 0. The maximum atomic E-state index is 12.5. The van der Waals surface area contributed by atoms with E-state index in [1.54, 1.807) is 11.1 Å². The summed E-state index contributed by atoms with van der Waals surface area (Å²) in [5.41, 5.74) is 1.85. The molecule has 0 radical (unpaired) electrons. The van der Waals surface area contributed by atoms with E-state index in [-0.39, 0.29) is 18.0 Å². The zero-order chi connectivity index (χ0) is 27.6. The van der Waals surface area contributed by atoms with E-state index in [0.29, 0.717) is 61.8 Å². The van der Waals surface area contributed by atoms with Crippen molar-refractivity contribution < 1.29 is 14.3 Å². The molecule has 2 aliphatic heterocycles.